The predicted octanol–water partition coefficient (Wildman–Crippen LogP) is 2.89. The number of aromatic nitrogens is 4. The molecular weight excluding hydrogens is 404 g/mol. The lowest BCUT2D eigenvalue weighted by Crippen LogP contribution is -2.31. The highest BCUT2D eigenvalue weighted by Gasteiger charge is 2.32. The van der Waals surface area contributed by atoms with Crippen LogP contribution < -0.4 is 11.1 Å². The smallest absolute Gasteiger partial charge is 0.279 e. The van der Waals surface area contributed by atoms with Crippen molar-refractivity contribution >= 4 is 5.91 Å². The first-order valence-corrected chi connectivity index (χ1v) is 11.1. The molecule has 2 heterocycles. The largest absolute Gasteiger partial charge is 0.355 e. The van der Waals surface area contributed by atoms with Crippen molar-refractivity contribution in [1.82, 2.24) is 25.2 Å². The Morgan fingerprint density at radius 2 is 2.00 bits per heavy atom. The maximum absolute atomic E-state index is 11.4. The zero-order chi connectivity index (χ0) is 23.0. The van der Waals surface area contributed by atoms with Gasteiger partial charge in [-0.25, -0.2) is 0 Å². The first-order chi connectivity index (χ1) is 15.2. The number of carbonyl (C=O) groups is 1. The van der Waals surface area contributed by atoms with Crippen LogP contribution in [0.25, 0.3) is 23.0 Å². The first-order valence-electron chi connectivity index (χ1n) is 11.1. The number of carbonyl (C=O) groups excluding carboxylic acids is 1. The van der Waals surface area contributed by atoms with Gasteiger partial charge in [0.05, 0.1) is 6.54 Å². The van der Waals surface area contributed by atoms with Gasteiger partial charge in [-0.3, -0.25) is 9.48 Å². The van der Waals surface area contributed by atoms with Gasteiger partial charge in [-0.15, -0.1) is 0 Å². The molecule has 0 atom stereocenters. The highest BCUT2D eigenvalue weighted by atomic mass is 16.5. The molecule has 0 saturated carbocycles. The molecule has 0 saturated heterocycles. The minimum atomic E-state index is -0.142. The lowest BCUT2D eigenvalue weighted by Gasteiger charge is -2.29. The number of aryl methyl sites for hydroxylation is 3. The Labute approximate surface area is 188 Å². The Kier molecular flexibility index (Phi) is 5.90. The van der Waals surface area contributed by atoms with Crippen LogP contribution in [0.15, 0.2) is 16.7 Å². The third-order valence-electron chi connectivity index (χ3n) is 6.44. The zero-order valence-electron chi connectivity index (χ0n) is 19.6. The van der Waals surface area contributed by atoms with Crippen LogP contribution in [0, 0.1) is 19.3 Å². The van der Waals surface area contributed by atoms with Crippen molar-refractivity contribution in [3.05, 3.63) is 40.1 Å². The number of hydrogen-bond acceptors (Lipinski definition) is 6. The number of nitrogens with zero attached hydrogens (tertiary/aromatic N) is 4. The Bertz CT molecular complexity index is 1130. The van der Waals surface area contributed by atoms with Crippen LogP contribution in [0.3, 0.4) is 0 Å². The van der Waals surface area contributed by atoms with Gasteiger partial charge in [0.25, 0.3) is 5.89 Å². The third kappa shape index (κ3) is 4.32. The summed E-state index contributed by atoms with van der Waals surface area (Å²) in [5, 5.41) is 11.8. The Morgan fingerprint density at radius 1 is 1.28 bits per heavy atom. The zero-order valence-corrected chi connectivity index (χ0v) is 19.6. The van der Waals surface area contributed by atoms with E-state index >= 15 is 0 Å². The van der Waals surface area contributed by atoms with Gasteiger partial charge in [-0.05, 0) is 73.8 Å². The average Bonchev–Trinajstić information content (AvgIpc) is 3.34. The van der Waals surface area contributed by atoms with E-state index in [1.165, 1.54) is 16.8 Å². The standard InChI is InChI=1S/C24H32N6O2/c1-14-10-16(11-15(2)17(14)7-9-26-20(31)13-25)22-27-23(32-29-22)21-18-6-8-24(3,4)12-19(18)30(5)28-21/h10-11H,6-9,12-13,25H2,1-5H3,(H,26,31). The quantitative estimate of drug-likeness (QED) is 0.614. The number of hydrogen-bond donors (Lipinski definition) is 2. The molecule has 0 radical (unpaired) electrons. The summed E-state index contributed by atoms with van der Waals surface area (Å²) in [5.41, 5.74) is 13.3. The van der Waals surface area contributed by atoms with Crippen molar-refractivity contribution < 1.29 is 9.32 Å². The maximum atomic E-state index is 11.4. The lowest BCUT2D eigenvalue weighted by atomic mass is 9.76. The summed E-state index contributed by atoms with van der Waals surface area (Å²) in [6, 6.07) is 4.14. The van der Waals surface area contributed by atoms with Gasteiger partial charge in [0.2, 0.25) is 11.7 Å². The van der Waals surface area contributed by atoms with E-state index in [0.29, 0.717) is 18.3 Å². The van der Waals surface area contributed by atoms with E-state index < -0.39 is 0 Å². The predicted molar refractivity (Wildman–Crippen MR) is 123 cm³/mol. The summed E-state index contributed by atoms with van der Waals surface area (Å²) in [7, 11) is 1.99. The lowest BCUT2D eigenvalue weighted by molar-refractivity contribution is -0.119. The maximum Gasteiger partial charge on any atom is 0.279 e. The van der Waals surface area contributed by atoms with Crippen LogP contribution >= 0.6 is 0 Å². The molecule has 170 valence electrons. The van der Waals surface area contributed by atoms with Gasteiger partial charge in [-0.1, -0.05) is 19.0 Å². The monoisotopic (exact) mass is 436 g/mol. The van der Waals surface area contributed by atoms with E-state index in [1.807, 2.05) is 11.7 Å². The molecule has 8 nitrogen and oxygen atoms in total. The molecule has 0 unspecified atom stereocenters. The molecule has 1 amide bonds. The van der Waals surface area contributed by atoms with Crippen LogP contribution in [0.5, 0.6) is 0 Å². The Morgan fingerprint density at radius 3 is 2.69 bits per heavy atom. The van der Waals surface area contributed by atoms with Crippen LogP contribution in [0.1, 0.15) is 48.2 Å². The van der Waals surface area contributed by atoms with Crippen molar-refractivity contribution in [2.24, 2.45) is 18.2 Å². The summed E-state index contributed by atoms with van der Waals surface area (Å²) >= 11 is 0. The van der Waals surface area contributed by atoms with E-state index in [2.05, 4.69) is 50.3 Å². The topological polar surface area (TPSA) is 112 Å². The molecule has 0 bridgehead atoms. The number of nitrogens with two attached hydrogens (primary N) is 1. The Balaban J connectivity index is 1.58. The van der Waals surface area contributed by atoms with Gasteiger partial charge >= 0.3 is 0 Å². The van der Waals surface area contributed by atoms with Gasteiger partial charge in [0.1, 0.15) is 0 Å². The van der Waals surface area contributed by atoms with E-state index in [0.717, 1.165) is 48.1 Å². The third-order valence-corrected chi connectivity index (χ3v) is 6.44. The summed E-state index contributed by atoms with van der Waals surface area (Å²) in [6.45, 7) is 9.30. The van der Waals surface area contributed by atoms with Gasteiger partial charge in [0.15, 0.2) is 5.69 Å². The van der Waals surface area contributed by atoms with Crippen molar-refractivity contribution in [2.75, 3.05) is 13.1 Å². The molecule has 1 aliphatic carbocycles. The molecule has 0 spiro atoms. The average molecular weight is 437 g/mol. The van der Waals surface area contributed by atoms with Gasteiger partial charge in [0, 0.05) is 30.4 Å². The molecule has 1 aromatic carbocycles. The molecule has 4 rings (SSSR count). The Hall–Kier alpha value is -3.00. The van der Waals surface area contributed by atoms with Gasteiger partial charge in [-0.2, -0.15) is 10.1 Å². The van der Waals surface area contributed by atoms with E-state index in [9.17, 15) is 4.79 Å². The second-order valence-corrected chi connectivity index (χ2v) is 9.55. The molecule has 32 heavy (non-hydrogen) atoms. The molecule has 3 aromatic rings. The van der Waals surface area contributed by atoms with Crippen LogP contribution in [-0.2, 0) is 31.1 Å². The second kappa shape index (κ2) is 8.50. The van der Waals surface area contributed by atoms with Crippen molar-refractivity contribution in [3.63, 3.8) is 0 Å². The molecule has 1 aliphatic rings. The van der Waals surface area contributed by atoms with Crippen LogP contribution in [0.4, 0.5) is 0 Å². The normalized spacial score (nSPS) is 14.9. The highest BCUT2D eigenvalue weighted by Crippen LogP contribution is 2.38. The summed E-state index contributed by atoms with van der Waals surface area (Å²) in [4.78, 5) is 16.1. The van der Waals surface area contributed by atoms with Crippen LogP contribution in [-0.4, -0.2) is 38.9 Å². The summed E-state index contributed by atoms with van der Waals surface area (Å²) in [5.74, 6) is 0.890. The minimum Gasteiger partial charge on any atom is -0.355 e. The number of benzene rings is 1. The molecular formula is C24H32N6O2. The molecule has 3 N–H and O–H groups in total. The molecule has 0 aliphatic heterocycles. The van der Waals surface area contributed by atoms with E-state index in [4.69, 9.17) is 20.3 Å². The summed E-state index contributed by atoms with van der Waals surface area (Å²) < 4.78 is 7.61. The molecule has 2 aromatic heterocycles. The van der Waals surface area contributed by atoms with Gasteiger partial charge < -0.3 is 15.6 Å². The fraction of sp³-hybridized carbons (Fsp3) is 0.500. The van der Waals surface area contributed by atoms with Crippen molar-refractivity contribution in [3.8, 4) is 23.0 Å². The number of rotatable bonds is 6. The first kappa shape index (κ1) is 22.2. The van der Waals surface area contributed by atoms with Crippen LogP contribution in [0.2, 0.25) is 0 Å². The van der Waals surface area contributed by atoms with E-state index in [-0.39, 0.29) is 17.9 Å². The van der Waals surface area contributed by atoms with E-state index in [1.54, 1.807) is 0 Å². The number of fused-ring (bicyclic) bond motifs is 1. The van der Waals surface area contributed by atoms with Crippen molar-refractivity contribution in [2.45, 2.75) is 53.4 Å². The fourth-order valence-electron chi connectivity index (χ4n) is 4.62. The molecule has 0 fully saturated rings. The number of amides is 1. The summed E-state index contributed by atoms with van der Waals surface area (Å²) in [6.07, 6.45) is 3.83. The fourth-order valence-corrected chi connectivity index (χ4v) is 4.62. The molecule has 8 heteroatoms. The SMILES string of the molecule is Cc1cc(-c2noc(-c3nn(C)c4c3CCC(C)(C)C4)n2)cc(C)c1CCNC(=O)CN. The highest BCUT2D eigenvalue weighted by molar-refractivity contribution is 5.77. The van der Waals surface area contributed by atoms with Crippen molar-refractivity contribution in [1.29, 1.82) is 0 Å². The minimum absolute atomic E-state index is 0.00824. The number of nitrogens with one attached hydrogen (secondary N) is 1. The second-order valence-electron chi connectivity index (χ2n) is 9.55.